The summed E-state index contributed by atoms with van der Waals surface area (Å²) in [6.07, 6.45) is 1.46. The van der Waals surface area contributed by atoms with Gasteiger partial charge in [-0.2, -0.15) is 0 Å². The van der Waals surface area contributed by atoms with Gasteiger partial charge in [-0.15, -0.1) is 0 Å². The minimum absolute atomic E-state index is 0.157. The second-order valence-corrected chi connectivity index (χ2v) is 5.40. The molecule has 1 aromatic carbocycles. The third-order valence-corrected chi connectivity index (χ3v) is 3.81. The molecule has 0 unspecified atom stereocenters. The number of piperazine rings is 1. The lowest BCUT2D eigenvalue weighted by Gasteiger charge is -2.34. The van der Waals surface area contributed by atoms with E-state index in [0.29, 0.717) is 37.7 Å². The van der Waals surface area contributed by atoms with Crippen LogP contribution in [-0.4, -0.2) is 54.4 Å². The number of ether oxygens (including phenoxy) is 1. The van der Waals surface area contributed by atoms with Crippen molar-refractivity contribution in [2.75, 3.05) is 32.8 Å². The van der Waals surface area contributed by atoms with Crippen LogP contribution in [0.2, 0.25) is 0 Å². The zero-order valence-electron chi connectivity index (χ0n) is 13.0. The van der Waals surface area contributed by atoms with Crippen molar-refractivity contribution >= 4 is 11.8 Å². The molecule has 126 valence electrons. The molecule has 1 aliphatic heterocycles. The smallest absolute Gasteiger partial charge is 0.289 e. The van der Waals surface area contributed by atoms with Crippen molar-refractivity contribution in [1.82, 2.24) is 9.80 Å². The van der Waals surface area contributed by atoms with Crippen LogP contribution >= 0.6 is 0 Å². The van der Waals surface area contributed by atoms with Gasteiger partial charge in [0.2, 0.25) is 0 Å². The normalized spacial score (nSPS) is 14.5. The third-order valence-electron chi connectivity index (χ3n) is 3.81. The van der Waals surface area contributed by atoms with Crippen molar-refractivity contribution in [3.8, 4) is 5.75 Å². The molecule has 24 heavy (non-hydrogen) atoms. The van der Waals surface area contributed by atoms with Gasteiger partial charge in [-0.3, -0.25) is 9.59 Å². The highest BCUT2D eigenvalue weighted by Crippen LogP contribution is 2.13. The van der Waals surface area contributed by atoms with Crippen LogP contribution in [0.5, 0.6) is 5.75 Å². The fourth-order valence-electron chi connectivity index (χ4n) is 2.51. The van der Waals surface area contributed by atoms with Gasteiger partial charge < -0.3 is 19.0 Å². The Bertz CT molecular complexity index is 709. The Labute approximate surface area is 138 Å². The largest absolute Gasteiger partial charge is 0.484 e. The van der Waals surface area contributed by atoms with Gasteiger partial charge in [0.15, 0.2) is 12.4 Å². The number of benzene rings is 1. The lowest BCUT2D eigenvalue weighted by atomic mass is 10.3. The molecule has 6 nitrogen and oxygen atoms in total. The monoisotopic (exact) mass is 332 g/mol. The highest BCUT2D eigenvalue weighted by molar-refractivity contribution is 5.91. The summed E-state index contributed by atoms with van der Waals surface area (Å²) in [7, 11) is 0. The summed E-state index contributed by atoms with van der Waals surface area (Å²) in [5.74, 6) is -0.170. The van der Waals surface area contributed by atoms with E-state index >= 15 is 0 Å². The predicted molar refractivity (Wildman–Crippen MR) is 83.1 cm³/mol. The van der Waals surface area contributed by atoms with Gasteiger partial charge in [0.05, 0.1) is 6.26 Å². The van der Waals surface area contributed by atoms with E-state index in [2.05, 4.69) is 0 Å². The molecule has 1 saturated heterocycles. The van der Waals surface area contributed by atoms with Crippen molar-refractivity contribution in [3.05, 3.63) is 54.2 Å². The summed E-state index contributed by atoms with van der Waals surface area (Å²) in [6, 6.07) is 8.94. The third kappa shape index (κ3) is 3.73. The molecule has 0 atom stereocenters. The van der Waals surface area contributed by atoms with Crippen LogP contribution in [0.4, 0.5) is 4.39 Å². The number of hydrogen-bond acceptors (Lipinski definition) is 4. The van der Waals surface area contributed by atoms with E-state index in [1.165, 1.54) is 24.5 Å². The highest BCUT2D eigenvalue weighted by atomic mass is 19.1. The minimum Gasteiger partial charge on any atom is -0.484 e. The molecule has 1 aliphatic rings. The number of amides is 2. The molecule has 2 aromatic rings. The Hall–Kier alpha value is -2.83. The molecule has 0 spiro atoms. The Kier molecular flexibility index (Phi) is 4.79. The van der Waals surface area contributed by atoms with E-state index in [1.807, 2.05) is 0 Å². The fourth-order valence-corrected chi connectivity index (χ4v) is 2.51. The first-order valence-electron chi connectivity index (χ1n) is 7.62. The zero-order valence-corrected chi connectivity index (χ0v) is 13.0. The van der Waals surface area contributed by atoms with Gasteiger partial charge in [-0.25, -0.2) is 4.39 Å². The molecule has 2 amide bonds. The molecule has 0 radical (unpaired) electrons. The van der Waals surface area contributed by atoms with Gasteiger partial charge in [-0.1, -0.05) is 6.07 Å². The van der Waals surface area contributed by atoms with E-state index in [0.717, 1.165) is 0 Å². The van der Waals surface area contributed by atoms with Crippen molar-refractivity contribution in [1.29, 1.82) is 0 Å². The molecule has 3 rings (SSSR count). The first kappa shape index (κ1) is 16.0. The van der Waals surface area contributed by atoms with E-state index in [1.54, 1.807) is 28.0 Å². The molecular formula is C17H17FN2O4. The van der Waals surface area contributed by atoms with Crippen molar-refractivity contribution in [3.63, 3.8) is 0 Å². The second-order valence-electron chi connectivity index (χ2n) is 5.40. The van der Waals surface area contributed by atoms with Crippen LogP contribution < -0.4 is 4.74 Å². The van der Waals surface area contributed by atoms with Crippen LogP contribution in [0, 0.1) is 5.82 Å². The van der Waals surface area contributed by atoms with Gasteiger partial charge >= 0.3 is 0 Å². The first-order chi connectivity index (χ1) is 11.6. The summed E-state index contributed by atoms with van der Waals surface area (Å²) >= 11 is 0. The summed E-state index contributed by atoms with van der Waals surface area (Å²) < 4.78 is 23.5. The van der Waals surface area contributed by atoms with Crippen LogP contribution in [-0.2, 0) is 4.79 Å². The molecule has 0 aliphatic carbocycles. The average Bonchev–Trinajstić information content (AvgIpc) is 3.14. The predicted octanol–water partition coefficient (Wildman–Crippen LogP) is 1.78. The van der Waals surface area contributed by atoms with E-state index in [9.17, 15) is 14.0 Å². The quantitative estimate of drug-likeness (QED) is 0.856. The van der Waals surface area contributed by atoms with E-state index in [4.69, 9.17) is 9.15 Å². The SMILES string of the molecule is O=C(COc1cccc(F)c1)N1CCN(C(=O)c2ccco2)CC1. The van der Waals surface area contributed by atoms with Gasteiger partial charge in [-0.05, 0) is 24.3 Å². The van der Waals surface area contributed by atoms with Crippen LogP contribution in [0.3, 0.4) is 0 Å². The van der Waals surface area contributed by atoms with Crippen LogP contribution in [0.1, 0.15) is 10.6 Å². The molecule has 2 heterocycles. The number of furan rings is 1. The Balaban J connectivity index is 1.47. The Morgan fingerprint density at radius 1 is 1.08 bits per heavy atom. The van der Waals surface area contributed by atoms with Crippen LogP contribution in [0.15, 0.2) is 47.1 Å². The second kappa shape index (κ2) is 7.16. The number of halogens is 1. The average molecular weight is 332 g/mol. The minimum atomic E-state index is -0.412. The van der Waals surface area contributed by atoms with Crippen molar-refractivity contribution < 1.29 is 23.1 Å². The fraction of sp³-hybridized carbons (Fsp3) is 0.294. The van der Waals surface area contributed by atoms with Gasteiger partial charge in [0, 0.05) is 32.2 Å². The molecule has 0 N–H and O–H groups in total. The summed E-state index contributed by atoms with van der Waals surface area (Å²) in [5.41, 5.74) is 0. The number of hydrogen-bond donors (Lipinski definition) is 0. The number of rotatable bonds is 4. The van der Waals surface area contributed by atoms with Crippen LogP contribution in [0.25, 0.3) is 0 Å². The van der Waals surface area contributed by atoms with Gasteiger partial charge in [0.1, 0.15) is 11.6 Å². The number of carbonyl (C=O) groups is 2. The molecule has 7 heteroatoms. The number of nitrogens with zero attached hydrogens (tertiary/aromatic N) is 2. The molecule has 1 aromatic heterocycles. The van der Waals surface area contributed by atoms with E-state index in [-0.39, 0.29) is 18.4 Å². The molecule has 0 saturated carbocycles. The maximum atomic E-state index is 13.1. The highest BCUT2D eigenvalue weighted by Gasteiger charge is 2.26. The van der Waals surface area contributed by atoms with E-state index < -0.39 is 5.82 Å². The maximum Gasteiger partial charge on any atom is 0.289 e. The molecular weight excluding hydrogens is 315 g/mol. The number of carbonyl (C=O) groups excluding carboxylic acids is 2. The standard InChI is InChI=1S/C17H17FN2O4/c18-13-3-1-4-14(11-13)24-12-16(21)19-6-8-20(9-7-19)17(22)15-5-2-10-23-15/h1-5,10-11H,6-9,12H2. The lowest BCUT2D eigenvalue weighted by molar-refractivity contribution is -0.134. The first-order valence-corrected chi connectivity index (χ1v) is 7.62. The topological polar surface area (TPSA) is 63.0 Å². The Morgan fingerprint density at radius 2 is 1.83 bits per heavy atom. The Morgan fingerprint density at radius 3 is 2.50 bits per heavy atom. The lowest BCUT2D eigenvalue weighted by Crippen LogP contribution is -2.51. The zero-order chi connectivity index (χ0) is 16.9. The summed E-state index contributed by atoms with van der Waals surface area (Å²) in [4.78, 5) is 27.6. The maximum absolute atomic E-state index is 13.1. The van der Waals surface area contributed by atoms with Crippen molar-refractivity contribution in [2.24, 2.45) is 0 Å². The molecule has 1 fully saturated rings. The summed E-state index contributed by atoms with van der Waals surface area (Å²) in [5, 5.41) is 0. The summed E-state index contributed by atoms with van der Waals surface area (Å²) in [6.45, 7) is 1.57. The van der Waals surface area contributed by atoms with Gasteiger partial charge in [0.25, 0.3) is 11.8 Å². The van der Waals surface area contributed by atoms with Crippen molar-refractivity contribution in [2.45, 2.75) is 0 Å². The molecule has 0 bridgehead atoms.